The quantitative estimate of drug-likeness (QED) is 0.571. The summed E-state index contributed by atoms with van der Waals surface area (Å²) in [6.45, 7) is 0. The van der Waals surface area contributed by atoms with E-state index in [2.05, 4.69) is 6.07 Å². The Morgan fingerprint density at radius 1 is 1.64 bits per heavy atom. The molecule has 0 saturated heterocycles. The van der Waals surface area contributed by atoms with Gasteiger partial charge in [-0.1, -0.05) is 0 Å². The Bertz CT molecular complexity index is 199. The first-order valence-corrected chi connectivity index (χ1v) is 3.86. The zero-order valence-corrected chi connectivity index (χ0v) is 6.67. The van der Waals surface area contributed by atoms with Crippen LogP contribution in [0.2, 0.25) is 0 Å². The van der Waals surface area contributed by atoms with Gasteiger partial charge >= 0.3 is 5.43 Å². The van der Waals surface area contributed by atoms with Crippen LogP contribution >= 0.6 is 11.6 Å². The molecule has 0 aliphatic heterocycles. The summed E-state index contributed by atoms with van der Waals surface area (Å²) in [5.41, 5.74) is -0.770. The van der Waals surface area contributed by atoms with Crippen LogP contribution in [0.5, 0.6) is 0 Å². The highest BCUT2D eigenvalue weighted by Gasteiger charge is 2.26. The van der Waals surface area contributed by atoms with Gasteiger partial charge < -0.3 is 4.74 Å². The van der Waals surface area contributed by atoms with Crippen LogP contribution in [0, 0.1) is 17.2 Å². The molecule has 0 aromatic heterocycles. The van der Waals surface area contributed by atoms with Gasteiger partial charge in [0.1, 0.15) is 6.10 Å². The predicted octanol–water partition coefficient (Wildman–Crippen LogP) is 2.05. The zero-order valence-electron chi connectivity index (χ0n) is 5.92. The van der Waals surface area contributed by atoms with Crippen molar-refractivity contribution < 1.29 is 9.53 Å². The van der Waals surface area contributed by atoms with Crippen LogP contribution in [-0.2, 0) is 4.74 Å². The molecule has 60 valence electrons. The Morgan fingerprint density at radius 3 is 2.82 bits per heavy atom. The van der Waals surface area contributed by atoms with Crippen molar-refractivity contribution in [2.24, 2.45) is 5.92 Å². The highest BCUT2D eigenvalue weighted by Crippen LogP contribution is 2.27. The largest absolute Gasteiger partial charge is 0.450 e. The average Bonchev–Trinajstić information content (AvgIpc) is 2.34. The Labute approximate surface area is 69.9 Å². The minimum absolute atomic E-state index is 0.0380. The summed E-state index contributed by atoms with van der Waals surface area (Å²) in [5, 5.41) is 8.49. The van der Waals surface area contributed by atoms with Crippen molar-refractivity contribution in [3.8, 4) is 6.07 Å². The fourth-order valence-electron chi connectivity index (χ4n) is 1.30. The van der Waals surface area contributed by atoms with Crippen molar-refractivity contribution in [2.75, 3.05) is 0 Å². The van der Waals surface area contributed by atoms with Gasteiger partial charge in [0.2, 0.25) is 0 Å². The summed E-state index contributed by atoms with van der Waals surface area (Å²) in [6, 6.07) is 2.13. The van der Waals surface area contributed by atoms with E-state index in [0.29, 0.717) is 6.42 Å². The number of nitriles is 1. The number of ether oxygens (including phenoxy) is 1. The molecule has 4 heteroatoms. The highest BCUT2D eigenvalue weighted by molar-refractivity contribution is 6.61. The molecule has 2 unspecified atom stereocenters. The first-order valence-electron chi connectivity index (χ1n) is 3.48. The van der Waals surface area contributed by atoms with E-state index >= 15 is 0 Å². The van der Waals surface area contributed by atoms with E-state index in [4.69, 9.17) is 21.6 Å². The number of carbonyl (C=O) groups is 1. The Morgan fingerprint density at radius 2 is 2.36 bits per heavy atom. The average molecular weight is 174 g/mol. The lowest BCUT2D eigenvalue weighted by Gasteiger charge is -2.06. The van der Waals surface area contributed by atoms with E-state index in [1.165, 1.54) is 0 Å². The van der Waals surface area contributed by atoms with Crippen LogP contribution in [0.4, 0.5) is 4.79 Å². The molecule has 1 fully saturated rings. The van der Waals surface area contributed by atoms with Gasteiger partial charge in [-0.2, -0.15) is 5.26 Å². The lowest BCUT2D eigenvalue weighted by atomic mass is 10.1. The van der Waals surface area contributed by atoms with Gasteiger partial charge in [0, 0.05) is 23.9 Å². The second-order valence-electron chi connectivity index (χ2n) is 2.62. The number of nitrogens with zero attached hydrogens (tertiary/aromatic N) is 1. The molecule has 0 radical (unpaired) electrons. The van der Waals surface area contributed by atoms with E-state index in [1.54, 1.807) is 0 Å². The fraction of sp³-hybridized carbons (Fsp3) is 0.714. The topological polar surface area (TPSA) is 50.1 Å². The van der Waals surface area contributed by atoms with Gasteiger partial charge in [0.05, 0.1) is 6.07 Å². The molecule has 1 aliphatic carbocycles. The molecule has 0 aromatic rings. The first-order chi connectivity index (χ1) is 5.22. The van der Waals surface area contributed by atoms with Gasteiger partial charge in [0.25, 0.3) is 0 Å². The molecule has 3 nitrogen and oxygen atoms in total. The summed E-state index contributed by atoms with van der Waals surface area (Å²) in [5.74, 6) is 0.0380. The van der Waals surface area contributed by atoms with Gasteiger partial charge in [0.15, 0.2) is 0 Å². The van der Waals surface area contributed by atoms with Crippen molar-refractivity contribution in [2.45, 2.75) is 25.4 Å². The van der Waals surface area contributed by atoms with Gasteiger partial charge in [-0.05, 0) is 12.8 Å². The van der Waals surface area contributed by atoms with Crippen LogP contribution in [0.1, 0.15) is 19.3 Å². The standard InChI is InChI=1S/C7H8ClNO2/c8-7(10)11-6-2-1-5(3-6)4-9/h5-6H,1-3H2. The lowest BCUT2D eigenvalue weighted by Crippen LogP contribution is -2.09. The maximum atomic E-state index is 10.3. The molecule has 0 heterocycles. The maximum absolute atomic E-state index is 10.3. The number of halogens is 1. The predicted molar refractivity (Wildman–Crippen MR) is 39.1 cm³/mol. The van der Waals surface area contributed by atoms with E-state index in [9.17, 15) is 4.79 Å². The molecule has 0 N–H and O–H groups in total. The van der Waals surface area contributed by atoms with Crippen LogP contribution in [-0.4, -0.2) is 11.5 Å². The Hall–Kier alpha value is -0.750. The number of rotatable bonds is 1. The van der Waals surface area contributed by atoms with E-state index in [1.807, 2.05) is 0 Å². The minimum Gasteiger partial charge on any atom is -0.450 e. The smallest absolute Gasteiger partial charge is 0.404 e. The molecule has 11 heavy (non-hydrogen) atoms. The SMILES string of the molecule is N#CC1CCC(OC(=O)Cl)C1. The molecule has 0 spiro atoms. The molecule has 0 amide bonds. The van der Waals surface area contributed by atoms with Crippen molar-refractivity contribution in [3.63, 3.8) is 0 Å². The second-order valence-corrected chi connectivity index (χ2v) is 2.93. The number of carbonyl (C=O) groups excluding carboxylic acids is 1. The molecule has 0 aromatic carbocycles. The number of hydrogen-bond donors (Lipinski definition) is 0. The van der Waals surface area contributed by atoms with Crippen LogP contribution in [0.3, 0.4) is 0 Å². The van der Waals surface area contributed by atoms with E-state index in [0.717, 1.165) is 12.8 Å². The summed E-state index contributed by atoms with van der Waals surface area (Å²) in [6.07, 6.45) is 2.07. The van der Waals surface area contributed by atoms with Crippen molar-refractivity contribution in [3.05, 3.63) is 0 Å². The molecular weight excluding hydrogens is 166 g/mol. The van der Waals surface area contributed by atoms with Gasteiger partial charge in [-0.15, -0.1) is 0 Å². The van der Waals surface area contributed by atoms with Crippen molar-refractivity contribution >= 4 is 17.0 Å². The Balaban J connectivity index is 2.31. The third kappa shape index (κ3) is 2.39. The Kier molecular flexibility index (Phi) is 2.72. The monoisotopic (exact) mass is 173 g/mol. The van der Waals surface area contributed by atoms with Crippen molar-refractivity contribution in [1.82, 2.24) is 0 Å². The molecule has 1 saturated carbocycles. The summed E-state index contributed by atoms with van der Waals surface area (Å²) in [4.78, 5) is 10.3. The molecule has 1 rings (SSSR count). The van der Waals surface area contributed by atoms with E-state index < -0.39 is 5.43 Å². The second kappa shape index (κ2) is 3.59. The third-order valence-electron chi connectivity index (χ3n) is 1.83. The summed E-state index contributed by atoms with van der Waals surface area (Å²) in [7, 11) is 0. The lowest BCUT2D eigenvalue weighted by molar-refractivity contribution is 0.124. The molecule has 0 bridgehead atoms. The molecule has 2 atom stereocenters. The van der Waals surface area contributed by atoms with Gasteiger partial charge in [-0.3, -0.25) is 0 Å². The van der Waals surface area contributed by atoms with Crippen LogP contribution in [0.15, 0.2) is 0 Å². The molecule has 1 aliphatic rings. The van der Waals surface area contributed by atoms with Crippen LogP contribution < -0.4 is 0 Å². The maximum Gasteiger partial charge on any atom is 0.404 e. The van der Waals surface area contributed by atoms with Crippen LogP contribution in [0.25, 0.3) is 0 Å². The number of hydrogen-bond acceptors (Lipinski definition) is 3. The highest BCUT2D eigenvalue weighted by atomic mass is 35.5. The molecular formula is C7H8ClNO2. The fourth-order valence-corrected chi connectivity index (χ4v) is 1.42. The first kappa shape index (κ1) is 8.35. The normalized spacial score (nSPS) is 29.5. The third-order valence-corrected chi connectivity index (χ3v) is 1.92. The minimum atomic E-state index is -0.770. The summed E-state index contributed by atoms with van der Waals surface area (Å²) >= 11 is 5.00. The van der Waals surface area contributed by atoms with E-state index in [-0.39, 0.29) is 12.0 Å². The van der Waals surface area contributed by atoms with Gasteiger partial charge in [-0.25, -0.2) is 4.79 Å². The zero-order chi connectivity index (χ0) is 8.27. The van der Waals surface area contributed by atoms with Crippen molar-refractivity contribution in [1.29, 1.82) is 5.26 Å². The summed E-state index contributed by atoms with van der Waals surface area (Å²) < 4.78 is 4.72.